The van der Waals surface area contributed by atoms with Crippen LogP contribution < -0.4 is 15.2 Å². The molecule has 0 amide bonds. The molecule has 1 aliphatic rings. The highest BCUT2D eigenvalue weighted by Crippen LogP contribution is 2.00. The largest absolute Gasteiger partial charge is 0.401 e. The van der Waals surface area contributed by atoms with E-state index < -0.39 is 10.2 Å². The number of hydrogen-bond acceptors (Lipinski definition) is 4. The van der Waals surface area contributed by atoms with E-state index in [0.717, 1.165) is 0 Å². The average Bonchev–Trinajstić information content (AvgIpc) is 2.00. The first-order valence-corrected chi connectivity index (χ1v) is 5.34. The van der Waals surface area contributed by atoms with Gasteiger partial charge in [-0.3, -0.25) is 9.71 Å². The maximum atomic E-state index is 11.0. The molecule has 1 aliphatic heterocycles. The molecule has 0 bridgehead atoms. The molecule has 0 spiro atoms. The van der Waals surface area contributed by atoms with Crippen molar-refractivity contribution >= 4 is 15.9 Å². The molecule has 6 nitrogen and oxygen atoms in total. The van der Waals surface area contributed by atoms with Crippen LogP contribution in [0.15, 0.2) is 29.2 Å². The topological polar surface area (TPSA) is 96.6 Å². The summed E-state index contributed by atoms with van der Waals surface area (Å²) in [6.45, 7) is 5.35. The van der Waals surface area contributed by atoms with Gasteiger partial charge in [-0.2, -0.15) is 13.1 Å². The Hall–Kier alpha value is -1.34. The smallest absolute Gasteiger partial charge is 0.299 e. The molecule has 0 radical (unpaired) electrons. The van der Waals surface area contributed by atoms with Gasteiger partial charge in [0.2, 0.25) is 0 Å². The van der Waals surface area contributed by atoms with Gasteiger partial charge in [0, 0.05) is 11.9 Å². The van der Waals surface area contributed by atoms with Crippen molar-refractivity contribution in [3.63, 3.8) is 0 Å². The maximum Gasteiger partial charge on any atom is 0.299 e. The minimum atomic E-state index is -3.44. The molecule has 0 aliphatic carbocycles. The lowest BCUT2D eigenvalue weighted by atomic mass is 10.3. The maximum absolute atomic E-state index is 11.0. The fourth-order valence-corrected chi connectivity index (χ4v) is 1.67. The lowest BCUT2D eigenvalue weighted by Gasteiger charge is -2.18. The number of nitrogens with two attached hydrogens (primary N) is 1. The van der Waals surface area contributed by atoms with E-state index in [1.807, 2.05) is 0 Å². The zero-order chi connectivity index (χ0) is 10.8. The molecule has 14 heavy (non-hydrogen) atoms. The summed E-state index contributed by atoms with van der Waals surface area (Å²) in [4.78, 5) is 3.97. The molecule has 0 aromatic rings. The van der Waals surface area contributed by atoms with E-state index in [-0.39, 0.29) is 12.2 Å². The molecule has 4 N–H and O–H groups in total. The van der Waals surface area contributed by atoms with E-state index in [1.54, 1.807) is 6.92 Å². The summed E-state index contributed by atoms with van der Waals surface area (Å²) in [7, 11) is -3.44. The number of allylic oxidation sites excluding steroid dienone is 1. The highest BCUT2D eigenvalue weighted by Gasteiger charge is 2.20. The van der Waals surface area contributed by atoms with Crippen LogP contribution in [0.5, 0.6) is 0 Å². The van der Waals surface area contributed by atoms with Crippen LogP contribution in [0.2, 0.25) is 0 Å². The van der Waals surface area contributed by atoms with Crippen molar-refractivity contribution in [2.45, 2.75) is 6.92 Å². The third kappa shape index (κ3) is 2.86. The first-order valence-electron chi connectivity index (χ1n) is 3.86. The van der Waals surface area contributed by atoms with Gasteiger partial charge in [0.1, 0.15) is 0 Å². The summed E-state index contributed by atoms with van der Waals surface area (Å²) in [5, 5.41) is 0. The summed E-state index contributed by atoms with van der Waals surface area (Å²) in [6, 6.07) is 0. The molecule has 0 aromatic carbocycles. The van der Waals surface area contributed by atoms with Crippen LogP contribution >= 0.6 is 0 Å². The Kier molecular flexibility index (Phi) is 2.92. The van der Waals surface area contributed by atoms with Crippen molar-refractivity contribution in [3.05, 3.63) is 24.2 Å². The Balaban J connectivity index is 2.83. The van der Waals surface area contributed by atoms with Crippen molar-refractivity contribution < 1.29 is 8.42 Å². The molecule has 1 saturated heterocycles. The van der Waals surface area contributed by atoms with Gasteiger partial charge in [0.15, 0.2) is 0 Å². The second-order valence-corrected chi connectivity index (χ2v) is 4.35. The van der Waals surface area contributed by atoms with Gasteiger partial charge in [0.25, 0.3) is 10.2 Å². The Labute approximate surface area is 82.8 Å². The lowest BCUT2D eigenvalue weighted by Crippen LogP contribution is -2.47. The molecule has 1 rings (SSSR count). The summed E-state index contributed by atoms with van der Waals surface area (Å²) < 4.78 is 26.4. The fourth-order valence-electron chi connectivity index (χ4n) is 0.831. The van der Waals surface area contributed by atoms with E-state index in [2.05, 4.69) is 21.0 Å². The monoisotopic (exact) mass is 216 g/mol. The highest BCUT2D eigenvalue weighted by molar-refractivity contribution is 7.87. The van der Waals surface area contributed by atoms with Crippen molar-refractivity contribution in [1.29, 1.82) is 0 Å². The number of aliphatic imine (C=N–C) groups is 1. The van der Waals surface area contributed by atoms with Crippen molar-refractivity contribution in [2.75, 3.05) is 6.54 Å². The van der Waals surface area contributed by atoms with E-state index in [0.29, 0.717) is 11.4 Å². The summed E-state index contributed by atoms with van der Waals surface area (Å²) in [6.07, 6.45) is 1.45. The predicted molar refractivity (Wildman–Crippen MR) is 54.6 cm³/mol. The van der Waals surface area contributed by atoms with Gasteiger partial charge in [-0.05, 0) is 6.92 Å². The zero-order valence-corrected chi connectivity index (χ0v) is 8.56. The molecule has 0 unspecified atom stereocenters. The number of nitrogens with zero attached hydrogens (tertiary/aromatic N) is 1. The van der Waals surface area contributed by atoms with Crippen molar-refractivity contribution in [1.82, 2.24) is 9.44 Å². The quantitative estimate of drug-likeness (QED) is 0.535. The summed E-state index contributed by atoms with van der Waals surface area (Å²) in [5.74, 6) is 0. The molecule has 0 aromatic heterocycles. The fraction of sp³-hybridized carbons (Fsp3) is 0.286. The molecular weight excluding hydrogens is 204 g/mol. The van der Waals surface area contributed by atoms with Gasteiger partial charge >= 0.3 is 0 Å². The molecule has 0 atom stereocenters. The van der Waals surface area contributed by atoms with Crippen LogP contribution in [0, 0.1) is 0 Å². The second kappa shape index (κ2) is 3.81. The highest BCUT2D eigenvalue weighted by atomic mass is 32.2. The molecule has 1 heterocycles. The molecule has 78 valence electrons. The van der Waals surface area contributed by atoms with Crippen LogP contribution in [0.3, 0.4) is 0 Å². The van der Waals surface area contributed by atoms with E-state index in [1.165, 1.54) is 6.20 Å². The Morgan fingerprint density at radius 2 is 2.36 bits per heavy atom. The Morgan fingerprint density at radius 1 is 1.71 bits per heavy atom. The van der Waals surface area contributed by atoms with Crippen LogP contribution in [0.25, 0.3) is 0 Å². The van der Waals surface area contributed by atoms with E-state index in [4.69, 9.17) is 5.73 Å². The van der Waals surface area contributed by atoms with Crippen molar-refractivity contribution in [3.8, 4) is 0 Å². The van der Waals surface area contributed by atoms with Crippen LogP contribution in [-0.2, 0) is 10.2 Å². The second-order valence-electron chi connectivity index (χ2n) is 2.85. The third-order valence-corrected chi connectivity index (χ3v) is 2.50. The van der Waals surface area contributed by atoms with Gasteiger partial charge in [-0.1, -0.05) is 6.58 Å². The minimum absolute atomic E-state index is 0.123. The first kappa shape index (κ1) is 10.7. The first-order chi connectivity index (χ1) is 6.41. The average molecular weight is 216 g/mol. The molecule has 0 saturated carbocycles. The van der Waals surface area contributed by atoms with E-state index in [9.17, 15) is 8.42 Å². The SMILES string of the molecule is C=C1NS(=O)(=O)NC/C1=N/C=C(/C)N. The predicted octanol–water partition coefficient (Wildman–Crippen LogP) is -0.801. The van der Waals surface area contributed by atoms with Gasteiger partial charge in [-0.25, -0.2) is 0 Å². The van der Waals surface area contributed by atoms with Crippen LogP contribution in [0.4, 0.5) is 0 Å². The standard InChI is InChI=1S/C7H12N4O2S/c1-5(8)3-9-7-4-10-14(12,13)11-6(7)2/h3,10-11H,2,4,8H2,1H3/b5-3-,9-7-. The zero-order valence-electron chi connectivity index (χ0n) is 7.74. The third-order valence-electron chi connectivity index (χ3n) is 1.46. The summed E-state index contributed by atoms with van der Waals surface area (Å²) in [5.41, 5.74) is 6.70. The Morgan fingerprint density at radius 3 is 2.86 bits per heavy atom. The summed E-state index contributed by atoms with van der Waals surface area (Å²) >= 11 is 0. The normalized spacial score (nSPS) is 24.8. The molecular formula is C7H12N4O2S. The van der Waals surface area contributed by atoms with Crippen LogP contribution in [-0.4, -0.2) is 20.7 Å². The number of nitrogens with one attached hydrogen (secondary N) is 2. The molecule has 1 fully saturated rings. The Bertz CT molecular complexity index is 403. The number of hydrogen-bond donors (Lipinski definition) is 3. The van der Waals surface area contributed by atoms with E-state index >= 15 is 0 Å². The van der Waals surface area contributed by atoms with Crippen molar-refractivity contribution in [2.24, 2.45) is 10.7 Å². The lowest BCUT2D eigenvalue weighted by molar-refractivity contribution is 0.577. The van der Waals surface area contributed by atoms with Gasteiger partial charge in [-0.15, -0.1) is 0 Å². The number of rotatable bonds is 1. The van der Waals surface area contributed by atoms with Crippen LogP contribution in [0.1, 0.15) is 6.92 Å². The van der Waals surface area contributed by atoms with Gasteiger partial charge in [0.05, 0.1) is 18.0 Å². The van der Waals surface area contributed by atoms with Gasteiger partial charge < -0.3 is 5.73 Å². The molecule has 7 heteroatoms. The minimum Gasteiger partial charge on any atom is -0.401 e.